The minimum atomic E-state index is 0.604. The van der Waals surface area contributed by atoms with Gasteiger partial charge in [-0.05, 0) is 42.5 Å². The molecule has 0 aliphatic heterocycles. The number of hydrogen-bond donors (Lipinski definition) is 0. The van der Waals surface area contributed by atoms with E-state index < -0.39 is 0 Å². The van der Waals surface area contributed by atoms with Crippen molar-refractivity contribution in [2.45, 2.75) is 0 Å². The number of hydrogen-bond acceptors (Lipinski definition) is 8. The number of fused-ring (bicyclic) bond motifs is 9. The molecule has 12 rings (SSSR count). The first-order chi connectivity index (χ1) is 28.2. The predicted octanol–water partition coefficient (Wildman–Crippen LogP) is 13.6. The summed E-state index contributed by atoms with van der Waals surface area (Å²) in [4.78, 5) is 25.8. The topological polar surface area (TPSA) is 77.6 Å². The fraction of sp³-hybridized carbons (Fsp3) is 0. The van der Waals surface area contributed by atoms with E-state index in [0.717, 1.165) is 86.3 Å². The van der Waals surface area contributed by atoms with Crippen LogP contribution in [0.4, 0.5) is 0 Å². The number of thiophene rings is 2. The average molecular weight is 766 g/mol. The molecule has 0 saturated heterocycles. The van der Waals surface area contributed by atoms with Crippen molar-refractivity contribution in [3.05, 3.63) is 164 Å². The molecule has 5 heterocycles. The molecule has 0 spiro atoms. The monoisotopic (exact) mass is 765 g/mol. The number of nitrogens with zero attached hydrogens (tertiary/aromatic N) is 5. The van der Waals surface area contributed by atoms with Gasteiger partial charge in [-0.15, -0.1) is 22.7 Å². The molecule has 0 atom stereocenters. The number of rotatable bonds is 5. The third-order valence-corrected chi connectivity index (χ3v) is 12.9. The minimum absolute atomic E-state index is 0.604. The summed E-state index contributed by atoms with van der Waals surface area (Å²) in [6, 6.07) is 56.2. The van der Waals surface area contributed by atoms with E-state index in [0.29, 0.717) is 17.5 Å². The second-order valence-corrected chi connectivity index (χ2v) is 16.1. The van der Waals surface area contributed by atoms with Crippen molar-refractivity contribution < 1.29 is 4.42 Å². The smallest absolute Gasteiger partial charge is 0.164 e. The van der Waals surface area contributed by atoms with Gasteiger partial charge < -0.3 is 4.42 Å². The number of para-hydroxylation sites is 1. The molecule has 266 valence electrons. The van der Waals surface area contributed by atoms with Crippen molar-refractivity contribution in [1.29, 1.82) is 0 Å². The first-order valence-electron chi connectivity index (χ1n) is 18.7. The summed E-state index contributed by atoms with van der Waals surface area (Å²) in [7, 11) is 0. The van der Waals surface area contributed by atoms with Gasteiger partial charge in [0.05, 0.1) is 15.9 Å². The van der Waals surface area contributed by atoms with Gasteiger partial charge in [0, 0.05) is 68.8 Å². The second kappa shape index (κ2) is 12.7. The molecule has 8 heteroatoms. The molecule has 0 amide bonds. The maximum atomic E-state index is 6.13. The predicted molar refractivity (Wildman–Crippen MR) is 236 cm³/mol. The first-order valence-corrected chi connectivity index (χ1v) is 20.3. The van der Waals surface area contributed by atoms with Crippen LogP contribution in [0.5, 0.6) is 0 Å². The van der Waals surface area contributed by atoms with E-state index in [1.54, 1.807) is 22.7 Å². The van der Waals surface area contributed by atoms with Crippen LogP contribution in [-0.4, -0.2) is 24.9 Å². The van der Waals surface area contributed by atoms with E-state index in [9.17, 15) is 0 Å². The normalized spacial score (nSPS) is 11.9. The summed E-state index contributed by atoms with van der Waals surface area (Å²) in [5.74, 6) is 2.56. The average Bonchev–Trinajstić information content (AvgIpc) is 3.97. The zero-order valence-corrected chi connectivity index (χ0v) is 31.7. The van der Waals surface area contributed by atoms with Crippen LogP contribution in [-0.2, 0) is 0 Å². The lowest BCUT2D eigenvalue weighted by molar-refractivity contribution is 0.669. The van der Waals surface area contributed by atoms with Crippen LogP contribution < -0.4 is 0 Å². The van der Waals surface area contributed by atoms with Crippen molar-refractivity contribution in [2.24, 2.45) is 0 Å². The summed E-state index contributed by atoms with van der Waals surface area (Å²) in [5, 5.41) is 5.57. The van der Waals surface area contributed by atoms with E-state index in [1.807, 2.05) is 66.7 Å². The van der Waals surface area contributed by atoms with Crippen LogP contribution in [0.15, 0.2) is 168 Å². The van der Waals surface area contributed by atoms with Crippen LogP contribution in [0.1, 0.15) is 0 Å². The Morgan fingerprint density at radius 1 is 0.351 bits per heavy atom. The highest BCUT2D eigenvalue weighted by Crippen LogP contribution is 2.44. The lowest BCUT2D eigenvalue weighted by Crippen LogP contribution is -2.00. The van der Waals surface area contributed by atoms with E-state index in [2.05, 4.69) is 97.1 Å². The van der Waals surface area contributed by atoms with E-state index >= 15 is 0 Å². The first kappa shape index (κ1) is 32.1. The maximum Gasteiger partial charge on any atom is 0.164 e. The van der Waals surface area contributed by atoms with Crippen molar-refractivity contribution >= 4 is 85.1 Å². The molecule has 5 aromatic heterocycles. The summed E-state index contributed by atoms with van der Waals surface area (Å²) in [6.45, 7) is 0. The van der Waals surface area contributed by atoms with Crippen LogP contribution >= 0.6 is 22.7 Å². The Labute approximate surface area is 333 Å². The fourth-order valence-corrected chi connectivity index (χ4v) is 10.2. The third kappa shape index (κ3) is 5.26. The SMILES string of the molecule is c1ccc(-c2nc(-c3ccc4c(c3)sc3c(-c5nc(-c6ccccc6)c6sc7ccccc7c6n5)cccc34)nc(-c3ccc4oc5ccccc5c4c3)n2)cc1. The van der Waals surface area contributed by atoms with Crippen LogP contribution in [0.3, 0.4) is 0 Å². The molecule has 0 radical (unpaired) electrons. The van der Waals surface area contributed by atoms with Crippen molar-refractivity contribution in [3.8, 4) is 56.8 Å². The summed E-state index contributed by atoms with van der Waals surface area (Å²) in [5.41, 5.74) is 8.46. The zero-order chi connectivity index (χ0) is 37.5. The third-order valence-electron chi connectivity index (χ3n) is 10.6. The fourth-order valence-electron chi connectivity index (χ4n) is 7.83. The van der Waals surface area contributed by atoms with Gasteiger partial charge >= 0.3 is 0 Å². The Morgan fingerprint density at radius 3 is 1.81 bits per heavy atom. The van der Waals surface area contributed by atoms with Crippen LogP contribution in [0.25, 0.3) is 119 Å². The maximum absolute atomic E-state index is 6.13. The van der Waals surface area contributed by atoms with Crippen molar-refractivity contribution in [2.75, 3.05) is 0 Å². The number of furan rings is 1. The van der Waals surface area contributed by atoms with Gasteiger partial charge in [0.25, 0.3) is 0 Å². The van der Waals surface area contributed by atoms with Gasteiger partial charge in [0.1, 0.15) is 11.2 Å². The Kier molecular flexibility index (Phi) is 7.17. The van der Waals surface area contributed by atoms with Gasteiger partial charge in [0.2, 0.25) is 0 Å². The quantitative estimate of drug-likeness (QED) is 0.174. The molecule has 0 N–H and O–H groups in total. The molecule has 0 saturated carbocycles. The molecule has 7 aromatic carbocycles. The number of benzene rings is 7. The van der Waals surface area contributed by atoms with Crippen molar-refractivity contribution in [3.63, 3.8) is 0 Å². The Morgan fingerprint density at radius 2 is 0.982 bits per heavy atom. The summed E-state index contributed by atoms with van der Waals surface area (Å²) in [6.07, 6.45) is 0. The standard InChI is InChI=1S/C49H27N5OS2/c1-3-12-28(13-4-1)42-45-43(35-17-8-10-21-40(35)56-45)51-49(50-42)36-19-11-18-34-33-24-22-31(27-41(33)57-44(34)36)48-53-46(29-14-5-2-6-15-29)52-47(54-48)30-23-25-39-37(26-30)32-16-7-9-20-38(32)55-39/h1-27H. The highest BCUT2D eigenvalue weighted by Gasteiger charge is 2.20. The molecular weight excluding hydrogens is 739 g/mol. The summed E-state index contributed by atoms with van der Waals surface area (Å²) >= 11 is 3.50. The molecule has 12 aromatic rings. The van der Waals surface area contributed by atoms with Gasteiger partial charge in [0.15, 0.2) is 23.3 Å². The number of aromatic nitrogens is 5. The molecular formula is C49H27N5OS2. The molecule has 0 unspecified atom stereocenters. The Hall–Kier alpha value is -7.13. The van der Waals surface area contributed by atoms with Gasteiger partial charge in [-0.2, -0.15) is 0 Å². The molecule has 6 nitrogen and oxygen atoms in total. The lowest BCUT2D eigenvalue weighted by atomic mass is 10.1. The highest BCUT2D eigenvalue weighted by molar-refractivity contribution is 7.26. The Bertz CT molecular complexity index is 3540. The van der Waals surface area contributed by atoms with Gasteiger partial charge in [-0.25, -0.2) is 24.9 Å². The van der Waals surface area contributed by atoms with E-state index in [-0.39, 0.29) is 0 Å². The molecule has 0 aliphatic carbocycles. The largest absolute Gasteiger partial charge is 0.456 e. The van der Waals surface area contributed by atoms with Crippen LogP contribution in [0.2, 0.25) is 0 Å². The van der Waals surface area contributed by atoms with Gasteiger partial charge in [-0.3, -0.25) is 0 Å². The molecule has 57 heavy (non-hydrogen) atoms. The molecule has 0 aliphatic rings. The van der Waals surface area contributed by atoms with E-state index in [1.165, 1.54) is 15.5 Å². The Balaban J connectivity index is 1.02. The molecule has 0 bridgehead atoms. The highest BCUT2D eigenvalue weighted by atomic mass is 32.1. The van der Waals surface area contributed by atoms with Crippen LogP contribution in [0, 0.1) is 0 Å². The second-order valence-electron chi connectivity index (χ2n) is 14.0. The molecule has 0 fully saturated rings. The minimum Gasteiger partial charge on any atom is -0.456 e. The van der Waals surface area contributed by atoms with E-state index in [4.69, 9.17) is 29.3 Å². The zero-order valence-electron chi connectivity index (χ0n) is 30.0. The van der Waals surface area contributed by atoms with Crippen molar-refractivity contribution in [1.82, 2.24) is 24.9 Å². The van der Waals surface area contributed by atoms with Gasteiger partial charge in [-0.1, -0.05) is 121 Å². The lowest BCUT2D eigenvalue weighted by Gasteiger charge is -2.09. The summed E-state index contributed by atoms with van der Waals surface area (Å²) < 4.78 is 10.7.